The molecule has 0 radical (unpaired) electrons. The van der Waals surface area contributed by atoms with Gasteiger partial charge in [0, 0.05) is 30.6 Å². The third-order valence-electron chi connectivity index (χ3n) is 4.84. The molecule has 30 heavy (non-hydrogen) atoms. The van der Waals surface area contributed by atoms with Gasteiger partial charge in [0.25, 0.3) is 0 Å². The molecule has 154 valence electrons. The first-order chi connectivity index (χ1) is 14.4. The van der Waals surface area contributed by atoms with E-state index in [1.165, 1.54) is 18.2 Å². The van der Waals surface area contributed by atoms with Crippen LogP contribution in [0.3, 0.4) is 0 Å². The molecule has 1 aliphatic rings. The monoisotopic (exact) mass is 414 g/mol. The van der Waals surface area contributed by atoms with Gasteiger partial charge in [-0.2, -0.15) is 0 Å². The molecular formula is C20H17F3N6O. The number of likely N-dealkylation sites (tertiary alicyclic amines) is 1. The molecule has 10 heteroatoms. The summed E-state index contributed by atoms with van der Waals surface area (Å²) >= 11 is 0. The van der Waals surface area contributed by atoms with Gasteiger partial charge in [-0.3, -0.25) is 5.32 Å². The zero-order chi connectivity index (χ0) is 21.3. The van der Waals surface area contributed by atoms with E-state index < -0.39 is 23.5 Å². The van der Waals surface area contributed by atoms with E-state index in [1.807, 2.05) is 0 Å². The summed E-state index contributed by atoms with van der Waals surface area (Å²) in [4.78, 5) is 26.4. The number of hydrogen-bond acceptors (Lipinski definition) is 5. The maximum absolute atomic E-state index is 14.1. The van der Waals surface area contributed by atoms with Crippen LogP contribution in [0.15, 0.2) is 42.7 Å². The van der Waals surface area contributed by atoms with Crippen molar-refractivity contribution in [1.29, 1.82) is 0 Å². The van der Waals surface area contributed by atoms with Crippen molar-refractivity contribution in [1.82, 2.24) is 19.9 Å². The number of nitrogens with one attached hydrogen (secondary N) is 1. The highest BCUT2D eigenvalue weighted by atomic mass is 19.1. The molecule has 1 fully saturated rings. The molecule has 0 spiro atoms. The Morgan fingerprint density at radius 3 is 2.60 bits per heavy atom. The zero-order valence-electron chi connectivity index (χ0n) is 15.6. The van der Waals surface area contributed by atoms with Crippen LogP contribution >= 0.6 is 0 Å². The first kappa shape index (κ1) is 19.6. The second kappa shape index (κ2) is 7.97. The fourth-order valence-corrected chi connectivity index (χ4v) is 3.29. The molecule has 1 saturated heterocycles. The van der Waals surface area contributed by atoms with Crippen molar-refractivity contribution in [3.05, 3.63) is 66.0 Å². The molecule has 1 aliphatic heterocycles. The molecule has 0 saturated carbocycles. The number of carbonyl (C=O) groups excluding carboxylic acids is 1. The third kappa shape index (κ3) is 4.02. The fraction of sp³-hybridized carbons (Fsp3) is 0.200. The van der Waals surface area contributed by atoms with Crippen molar-refractivity contribution in [2.75, 3.05) is 24.1 Å². The minimum absolute atomic E-state index is 0.0720. The fourth-order valence-electron chi connectivity index (χ4n) is 3.29. The van der Waals surface area contributed by atoms with Crippen molar-refractivity contribution >= 4 is 17.5 Å². The van der Waals surface area contributed by atoms with Crippen LogP contribution in [0.4, 0.5) is 29.5 Å². The number of pyridine rings is 1. The second-order valence-electron chi connectivity index (χ2n) is 6.88. The molecule has 1 unspecified atom stereocenters. The van der Waals surface area contributed by atoms with E-state index in [0.29, 0.717) is 25.3 Å². The maximum Gasteiger partial charge on any atom is 0.323 e. The van der Waals surface area contributed by atoms with Gasteiger partial charge in [-0.05, 0) is 30.7 Å². The van der Waals surface area contributed by atoms with E-state index >= 15 is 0 Å². The van der Waals surface area contributed by atoms with Gasteiger partial charge in [0.2, 0.25) is 0 Å². The Labute approximate surface area is 169 Å². The number of amides is 2. The quantitative estimate of drug-likeness (QED) is 0.683. The molecule has 2 aromatic heterocycles. The summed E-state index contributed by atoms with van der Waals surface area (Å²) in [5.41, 5.74) is 6.39. The zero-order valence-corrected chi connectivity index (χ0v) is 15.6. The molecule has 2 amide bonds. The molecule has 7 nitrogen and oxygen atoms in total. The van der Waals surface area contributed by atoms with E-state index in [9.17, 15) is 18.0 Å². The number of nitrogen functional groups attached to an aromatic ring is 1. The average Bonchev–Trinajstić information content (AvgIpc) is 3.21. The number of halogens is 3. The van der Waals surface area contributed by atoms with Gasteiger partial charge in [-0.1, -0.05) is 0 Å². The molecule has 3 aromatic rings. The third-order valence-corrected chi connectivity index (χ3v) is 4.84. The summed E-state index contributed by atoms with van der Waals surface area (Å²) in [6.45, 7) is 0.799. The van der Waals surface area contributed by atoms with Gasteiger partial charge in [-0.25, -0.2) is 32.9 Å². The lowest BCUT2D eigenvalue weighted by Crippen LogP contribution is -2.33. The molecule has 0 bridgehead atoms. The van der Waals surface area contributed by atoms with E-state index in [-0.39, 0.29) is 28.7 Å². The van der Waals surface area contributed by atoms with Crippen LogP contribution in [0.25, 0.3) is 11.3 Å². The van der Waals surface area contributed by atoms with E-state index in [1.54, 1.807) is 4.90 Å². The van der Waals surface area contributed by atoms with Crippen LogP contribution < -0.4 is 11.1 Å². The molecule has 3 heterocycles. The Kier molecular flexibility index (Phi) is 5.21. The lowest BCUT2D eigenvalue weighted by atomic mass is 10.1. The van der Waals surface area contributed by atoms with Crippen molar-refractivity contribution in [3.8, 4) is 11.3 Å². The van der Waals surface area contributed by atoms with Crippen LogP contribution in [0.2, 0.25) is 0 Å². The summed E-state index contributed by atoms with van der Waals surface area (Å²) in [6, 6.07) is 5.68. The number of carbonyl (C=O) groups is 1. The van der Waals surface area contributed by atoms with Crippen molar-refractivity contribution in [2.45, 2.75) is 12.3 Å². The maximum atomic E-state index is 14.1. The Morgan fingerprint density at radius 2 is 1.87 bits per heavy atom. The van der Waals surface area contributed by atoms with Gasteiger partial charge in [0.15, 0.2) is 11.6 Å². The summed E-state index contributed by atoms with van der Waals surface area (Å²) in [7, 11) is 0. The van der Waals surface area contributed by atoms with Gasteiger partial charge in [-0.15, -0.1) is 0 Å². The minimum Gasteiger partial charge on any atom is -0.396 e. The molecule has 4 rings (SSSR count). The summed E-state index contributed by atoms with van der Waals surface area (Å²) < 4.78 is 40.2. The Morgan fingerprint density at radius 1 is 1.10 bits per heavy atom. The number of nitrogens with two attached hydrogens (primary N) is 1. The predicted octanol–water partition coefficient (Wildman–Crippen LogP) is 3.56. The predicted molar refractivity (Wildman–Crippen MR) is 104 cm³/mol. The molecule has 1 aromatic carbocycles. The molecule has 1 atom stereocenters. The topological polar surface area (TPSA) is 97.0 Å². The molecular weight excluding hydrogens is 397 g/mol. The van der Waals surface area contributed by atoms with Gasteiger partial charge in [0.05, 0.1) is 23.8 Å². The van der Waals surface area contributed by atoms with E-state index in [2.05, 4.69) is 20.3 Å². The van der Waals surface area contributed by atoms with Crippen LogP contribution in [0, 0.1) is 17.5 Å². The van der Waals surface area contributed by atoms with Gasteiger partial charge in [0.1, 0.15) is 17.5 Å². The highest BCUT2D eigenvalue weighted by molar-refractivity contribution is 5.92. The number of anilines is 2. The number of benzene rings is 1. The van der Waals surface area contributed by atoms with Crippen molar-refractivity contribution in [3.63, 3.8) is 0 Å². The van der Waals surface area contributed by atoms with Crippen molar-refractivity contribution < 1.29 is 18.0 Å². The Bertz CT molecular complexity index is 1090. The number of urea groups is 1. The van der Waals surface area contributed by atoms with Crippen LogP contribution in [-0.4, -0.2) is 39.0 Å². The van der Waals surface area contributed by atoms with E-state index in [4.69, 9.17) is 5.73 Å². The van der Waals surface area contributed by atoms with Gasteiger partial charge >= 0.3 is 6.03 Å². The normalized spacial score (nSPS) is 16.0. The highest BCUT2D eigenvalue weighted by Crippen LogP contribution is 2.28. The van der Waals surface area contributed by atoms with E-state index in [0.717, 1.165) is 24.5 Å². The standard InChI is InChI=1S/C20H17F3N6O/c21-12-1-2-14(15(23)7-12)17-4-3-16(24)19(27-17)28-20(30)29-6-5-11(10-29)18-25-8-13(22)9-26-18/h1-4,7-9,11H,5-6,10,24H2,(H,27,28,30). The lowest BCUT2D eigenvalue weighted by molar-refractivity contribution is 0.222. The van der Waals surface area contributed by atoms with Crippen LogP contribution in [0.5, 0.6) is 0 Å². The SMILES string of the molecule is Nc1ccc(-c2ccc(F)cc2F)nc1NC(=O)N1CCC(c2ncc(F)cn2)C1. The average molecular weight is 414 g/mol. The Balaban J connectivity index is 1.49. The molecule has 0 aliphatic carbocycles. The number of hydrogen-bond donors (Lipinski definition) is 2. The number of nitrogens with zero attached hydrogens (tertiary/aromatic N) is 4. The largest absolute Gasteiger partial charge is 0.396 e. The van der Waals surface area contributed by atoms with Crippen LogP contribution in [-0.2, 0) is 0 Å². The lowest BCUT2D eigenvalue weighted by Gasteiger charge is -2.18. The number of rotatable bonds is 3. The first-order valence-corrected chi connectivity index (χ1v) is 9.16. The number of aromatic nitrogens is 3. The van der Waals surface area contributed by atoms with Crippen molar-refractivity contribution in [2.24, 2.45) is 0 Å². The Hall–Kier alpha value is -3.69. The summed E-state index contributed by atoms with van der Waals surface area (Å²) in [5.74, 6) is -1.56. The minimum atomic E-state index is -0.772. The van der Waals surface area contributed by atoms with Gasteiger partial charge < -0.3 is 10.6 Å². The van der Waals surface area contributed by atoms with Crippen LogP contribution in [0.1, 0.15) is 18.2 Å². The molecule has 3 N–H and O–H groups in total. The second-order valence-corrected chi connectivity index (χ2v) is 6.88. The highest BCUT2D eigenvalue weighted by Gasteiger charge is 2.29. The smallest absolute Gasteiger partial charge is 0.323 e. The summed E-state index contributed by atoms with van der Waals surface area (Å²) in [6.07, 6.45) is 2.81. The first-order valence-electron chi connectivity index (χ1n) is 9.16. The summed E-state index contributed by atoms with van der Waals surface area (Å²) in [5, 5.41) is 2.63.